The van der Waals surface area contributed by atoms with Crippen LogP contribution in [0.2, 0.25) is 0 Å². The second kappa shape index (κ2) is 5.39. The van der Waals surface area contributed by atoms with Crippen LogP contribution in [0.15, 0.2) is 24.3 Å². The van der Waals surface area contributed by atoms with Gasteiger partial charge in [-0.2, -0.15) is 0 Å². The Balaban J connectivity index is 0.000000980. The number of benzene rings is 1. The molecule has 0 saturated carbocycles. The van der Waals surface area contributed by atoms with Crippen LogP contribution in [0, 0.1) is 0 Å². The molecule has 0 aliphatic carbocycles. The molecule has 0 radical (unpaired) electrons. The first kappa shape index (κ1) is 12.4. The van der Waals surface area contributed by atoms with Gasteiger partial charge in [-0.3, -0.25) is 4.79 Å². The molecule has 1 aliphatic heterocycles. The molecule has 1 unspecified atom stereocenters. The monoisotopic (exact) mass is 217 g/mol. The van der Waals surface area contributed by atoms with Crippen molar-refractivity contribution in [2.24, 2.45) is 0 Å². The Morgan fingerprint density at radius 3 is 2.64 bits per heavy atom. The summed E-state index contributed by atoms with van der Waals surface area (Å²) in [7, 11) is 0. The van der Waals surface area contributed by atoms with Crippen LogP contribution >= 0.6 is 0 Å². The zero-order chi connectivity index (χ0) is 9.26. The van der Waals surface area contributed by atoms with Crippen molar-refractivity contribution in [3.05, 3.63) is 35.4 Å². The van der Waals surface area contributed by atoms with E-state index in [1.807, 2.05) is 24.3 Å². The number of carbonyl (C=O) groups is 1. The number of rotatable bonds is 1. The van der Waals surface area contributed by atoms with Crippen molar-refractivity contribution in [2.45, 2.75) is 19.0 Å². The van der Waals surface area contributed by atoms with Gasteiger partial charge >= 0.3 is 57.4 Å². The maximum atomic E-state index is 10.7. The molecule has 0 saturated heterocycles. The summed E-state index contributed by atoms with van der Waals surface area (Å²) in [5.74, 6) is -0.769. The fourth-order valence-corrected chi connectivity index (χ4v) is 1.63. The van der Waals surface area contributed by atoms with Gasteiger partial charge in [0.1, 0.15) is 6.04 Å². The zero-order valence-corrected chi connectivity index (χ0v) is 7.16. The van der Waals surface area contributed by atoms with Crippen molar-refractivity contribution in [1.82, 2.24) is 5.32 Å². The van der Waals surface area contributed by atoms with E-state index in [1.54, 1.807) is 0 Å². The average molecular weight is 217 g/mol. The fourth-order valence-electron chi connectivity index (χ4n) is 1.63. The summed E-state index contributed by atoms with van der Waals surface area (Å²) >= 11 is 0. The van der Waals surface area contributed by atoms with Crippen molar-refractivity contribution in [1.29, 1.82) is 0 Å². The van der Waals surface area contributed by atoms with E-state index >= 15 is 0 Å². The van der Waals surface area contributed by atoms with Crippen molar-refractivity contribution in [2.75, 3.05) is 0 Å². The van der Waals surface area contributed by atoms with Crippen LogP contribution in [0.1, 0.15) is 11.1 Å². The molecule has 2 N–H and O–H groups in total. The van der Waals surface area contributed by atoms with Gasteiger partial charge in [0.25, 0.3) is 0 Å². The first-order chi connectivity index (χ1) is 6.27. The van der Waals surface area contributed by atoms with E-state index in [1.165, 1.54) is 5.56 Å². The molecule has 70 valence electrons. The van der Waals surface area contributed by atoms with Crippen LogP contribution in [0.5, 0.6) is 0 Å². The van der Waals surface area contributed by atoms with Gasteiger partial charge in [0.15, 0.2) is 0 Å². The number of carboxylic acids is 1. The van der Waals surface area contributed by atoms with Crippen LogP contribution in [0.4, 0.5) is 0 Å². The first-order valence-electron chi connectivity index (χ1n) is 4.30. The molecule has 1 atom stereocenters. The molecule has 1 aliphatic rings. The van der Waals surface area contributed by atoms with E-state index in [2.05, 4.69) is 5.32 Å². The minimum absolute atomic E-state index is 0. The Morgan fingerprint density at radius 1 is 1.36 bits per heavy atom. The van der Waals surface area contributed by atoms with Crippen LogP contribution in [-0.4, -0.2) is 68.5 Å². The number of hydrogen-bond donors (Lipinski definition) is 2. The quantitative estimate of drug-likeness (QED) is 0.658. The van der Waals surface area contributed by atoms with Crippen molar-refractivity contribution >= 4 is 57.4 Å². The van der Waals surface area contributed by atoms with E-state index in [-0.39, 0.29) is 51.4 Å². The van der Waals surface area contributed by atoms with Crippen molar-refractivity contribution in [3.8, 4) is 0 Å². The number of nitrogens with one attached hydrogen (secondary N) is 1. The van der Waals surface area contributed by atoms with Gasteiger partial charge < -0.3 is 10.4 Å². The average Bonchev–Trinajstić information content (AvgIpc) is 2.17. The van der Waals surface area contributed by atoms with E-state index in [0.717, 1.165) is 5.56 Å². The summed E-state index contributed by atoms with van der Waals surface area (Å²) in [4.78, 5) is 10.7. The van der Waals surface area contributed by atoms with Gasteiger partial charge in [-0.05, 0) is 17.5 Å². The Morgan fingerprint density at radius 2 is 2.00 bits per heavy atom. The molecular formula is C10H12KNO2. The van der Waals surface area contributed by atoms with E-state index in [9.17, 15) is 4.79 Å². The molecule has 3 nitrogen and oxygen atoms in total. The molecule has 1 aromatic carbocycles. The van der Waals surface area contributed by atoms with Crippen LogP contribution in [0.3, 0.4) is 0 Å². The SMILES string of the molecule is O=C(O)C1Cc2ccccc2CN1.[KH]. The summed E-state index contributed by atoms with van der Waals surface area (Å²) in [6.07, 6.45) is 0.589. The molecule has 0 spiro atoms. The minimum atomic E-state index is -0.769. The van der Waals surface area contributed by atoms with E-state index in [4.69, 9.17) is 5.11 Å². The number of fused-ring (bicyclic) bond motifs is 1. The van der Waals surface area contributed by atoms with Gasteiger partial charge in [0.2, 0.25) is 0 Å². The Kier molecular flexibility index (Phi) is 4.76. The third-order valence-corrected chi connectivity index (χ3v) is 2.38. The molecule has 0 amide bonds. The van der Waals surface area contributed by atoms with Crippen molar-refractivity contribution in [3.63, 3.8) is 0 Å². The fraction of sp³-hybridized carbons (Fsp3) is 0.300. The Labute approximate surface area is 125 Å². The molecule has 4 heteroatoms. The van der Waals surface area contributed by atoms with Crippen LogP contribution < -0.4 is 5.32 Å². The summed E-state index contributed by atoms with van der Waals surface area (Å²) in [5.41, 5.74) is 2.36. The summed E-state index contributed by atoms with van der Waals surface area (Å²) in [6.45, 7) is 0.660. The van der Waals surface area contributed by atoms with E-state index < -0.39 is 12.0 Å². The molecule has 14 heavy (non-hydrogen) atoms. The molecule has 0 aromatic heterocycles. The molecule has 2 rings (SSSR count). The zero-order valence-electron chi connectivity index (χ0n) is 7.16. The maximum absolute atomic E-state index is 10.7. The molecular weight excluding hydrogens is 205 g/mol. The first-order valence-corrected chi connectivity index (χ1v) is 4.30. The predicted octanol–water partition coefficient (Wildman–Crippen LogP) is 0.137. The van der Waals surface area contributed by atoms with Crippen LogP contribution in [-0.2, 0) is 17.8 Å². The van der Waals surface area contributed by atoms with Gasteiger partial charge in [-0.25, -0.2) is 0 Å². The third kappa shape index (κ3) is 2.65. The summed E-state index contributed by atoms with van der Waals surface area (Å²) < 4.78 is 0. The summed E-state index contributed by atoms with van der Waals surface area (Å²) in [6, 6.07) is 7.52. The predicted molar refractivity (Wildman–Crippen MR) is 55.6 cm³/mol. The molecule has 1 heterocycles. The van der Waals surface area contributed by atoms with Crippen molar-refractivity contribution < 1.29 is 9.90 Å². The van der Waals surface area contributed by atoms with Gasteiger partial charge in [0.05, 0.1) is 0 Å². The second-order valence-electron chi connectivity index (χ2n) is 3.24. The van der Waals surface area contributed by atoms with Gasteiger partial charge in [-0.15, -0.1) is 0 Å². The number of hydrogen-bond acceptors (Lipinski definition) is 2. The third-order valence-electron chi connectivity index (χ3n) is 2.38. The topological polar surface area (TPSA) is 49.3 Å². The second-order valence-corrected chi connectivity index (χ2v) is 3.24. The number of aliphatic carboxylic acids is 1. The molecule has 1 aromatic rings. The van der Waals surface area contributed by atoms with Gasteiger partial charge in [-0.1, -0.05) is 24.3 Å². The Bertz CT molecular complexity index is 341. The summed E-state index contributed by atoms with van der Waals surface area (Å²) in [5, 5.41) is 11.8. The van der Waals surface area contributed by atoms with E-state index in [0.29, 0.717) is 13.0 Å². The van der Waals surface area contributed by atoms with Gasteiger partial charge in [0, 0.05) is 6.54 Å². The van der Waals surface area contributed by atoms with Crippen LogP contribution in [0.25, 0.3) is 0 Å². The Hall–Kier alpha value is 0.286. The standard InChI is InChI=1S/C10H11NO2.K.H/c12-10(13)9-5-7-3-1-2-4-8(7)6-11-9;;/h1-4,9,11H,5-6H2,(H,12,13);;. The molecule has 0 bridgehead atoms. The molecule has 0 fully saturated rings. The number of carboxylic acid groups (broad SMARTS) is 1. The normalized spacial score (nSPS) is 19.3.